The van der Waals surface area contributed by atoms with E-state index in [1.807, 2.05) is 0 Å². The molecule has 0 radical (unpaired) electrons. The number of amides is 1. The fourth-order valence-electron chi connectivity index (χ4n) is 0.913. The minimum atomic E-state index is -0.957. The molecule has 0 heterocycles. The van der Waals surface area contributed by atoms with Crippen molar-refractivity contribution in [1.82, 2.24) is 0 Å². The number of carbonyl (C=O) groups excluding carboxylic acids is 1. The third-order valence-electron chi connectivity index (χ3n) is 1.71. The second kappa shape index (κ2) is 5.22. The van der Waals surface area contributed by atoms with Gasteiger partial charge in [-0.2, -0.15) is 10.4 Å². The van der Waals surface area contributed by atoms with Gasteiger partial charge in [-0.05, 0) is 12.1 Å². The number of nitrogens with one attached hydrogen (secondary N) is 1. The van der Waals surface area contributed by atoms with Crippen molar-refractivity contribution in [3.63, 3.8) is 0 Å². The van der Waals surface area contributed by atoms with E-state index in [4.69, 9.17) is 11.0 Å². The van der Waals surface area contributed by atoms with Gasteiger partial charge in [0, 0.05) is 12.1 Å². The lowest BCUT2D eigenvalue weighted by Gasteiger charge is -1.99. The molecule has 0 saturated heterocycles. The van der Waals surface area contributed by atoms with Gasteiger partial charge in [0.15, 0.2) is 0 Å². The summed E-state index contributed by atoms with van der Waals surface area (Å²) in [6.45, 7) is 0. The number of nitriles is 1. The van der Waals surface area contributed by atoms with E-state index in [2.05, 4.69) is 10.5 Å². The largest absolute Gasteiger partial charge is 0.364 e. The number of hydrogen-bond donors (Lipinski definition) is 2. The van der Waals surface area contributed by atoms with Crippen LogP contribution < -0.4 is 11.2 Å². The van der Waals surface area contributed by atoms with E-state index < -0.39 is 16.5 Å². The van der Waals surface area contributed by atoms with Crippen LogP contribution in [0.5, 0.6) is 0 Å². The number of benzene rings is 1. The third-order valence-corrected chi connectivity index (χ3v) is 1.71. The third kappa shape index (κ3) is 3.28. The van der Waals surface area contributed by atoms with Crippen LogP contribution in [0, 0.1) is 21.4 Å². The molecule has 17 heavy (non-hydrogen) atoms. The lowest BCUT2D eigenvalue weighted by Crippen LogP contribution is -2.22. The topological polar surface area (TPSA) is 134 Å². The summed E-state index contributed by atoms with van der Waals surface area (Å²) in [6, 6.07) is 6.80. The molecule has 0 spiro atoms. The van der Waals surface area contributed by atoms with Crippen molar-refractivity contribution in [3.8, 4) is 6.07 Å². The van der Waals surface area contributed by atoms with E-state index in [9.17, 15) is 14.9 Å². The summed E-state index contributed by atoms with van der Waals surface area (Å²) >= 11 is 0. The minimum absolute atomic E-state index is 0.0741. The lowest BCUT2D eigenvalue weighted by molar-refractivity contribution is -0.384. The molecule has 8 heteroatoms. The molecule has 0 aliphatic rings. The van der Waals surface area contributed by atoms with Gasteiger partial charge in [0.25, 0.3) is 11.6 Å². The Morgan fingerprint density at radius 2 is 2.06 bits per heavy atom. The van der Waals surface area contributed by atoms with Gasteiger partial charge in [0.2, 0.25) is 5.71 Å². The molecule has 1 aromatic rings. The Morgan fingerprint density at radius 3 is 2.47 bits per heavy atom. The minimum Gasteiger partial charge on any atom is -0.364 e. The fourth-order valence-corrected chi connectivity index (χ4v) is 0.913. The van der Waals surface area contributed by atoms with Gasteiger partial charge in [-0.3, -0.25) is 20.3 Å². The summed E-state index contributed by atoms with van der Waals surface area (Å²) in [5.41, 5.74) is 7.07. The molecule has 0 aromatic heterocycles. The standard InChI is InChI=1S/C9H7N5O3/c10-5-8(9(11)15)13-12-6-1-3-7(4-2-6)14(16)17/h1-4,12H,(H2,11,15)/b13-8+. The number of primary amides is 1. The van der Waals surface area contributed by atoms with Gasteiger partial charge in [-0.15, -0.1) is 0 Å². The highest BCUT2D eigenvalue weighted by Crippen LogP contribution is 2.15. The summed E-state index contributed by atoms with van der Waals surface area (Å²) in [5.74, 6) is -0.957. The van der Waals surface area contributed by atoms with Crippen LogP contribution in [0.1, 0.15) is 0 Å². The molecule has 0 unspecified atom stereocenters. The second-order valence-electron chi connectivity index (χ2n) is 2.85. The van der Waals surface area contributed by atoms with Crippen molar-refractivity contribution in [3.05, 3.63) is 34.4 Å². The first-order valence-electron chi connectivity index (χ1n) is 4.32. The summed E-state index contributed by atoms with van der Waals surface area (Å²) in [5, 5.41) is 22.3. The molecule has 0 fully saturated rings. The van der Waals surface area contributed by atoms with Crippen LogP contribution in [-0.2, 0) is 4.79 Å². The number of anilines is 1. The normalized spacial score (nSPS) is 10.4. The summed E-state index contributed by atoms with van der Waals surface area (Å²) in [7, 11) is 0. The zero-order valence-electron chi connectivity index (χ0n) is 8.45. The number of nitrogens with zero attached hydrogens (tertiary/aromatic N) is 3. The van der Waals surface area contributed by atoms with Crippen LogP contribution >= 0.6 is 0 Å². The van der Waals surface area contributed by atoms with Crippen LogP contribution in [0.25, 0.3) is 0 Å². The first kappa shape index (κ1) is 12.1. The molecule has 0 bridgehead atoms. The van der Waals surface area contributed by atoms with Gasteiger partial charge >= 0.3 is 0 Å². The molecule has 1 aromatic carbocycles. The highest BCUT2D eigenvalue weighted by atomic mass is 16.6. The molecule has 0 aliphatic heterocycles. The van der Waals surface area contributed by atoms with E-state index in [1.165, 1.54) is 30.3 Å². The van der Waals surface area contributed by atoms with Crippen molar-refractivity contribution in [2.45, 2.75) is 0 Å². The van der Waals surface area contributed by atoms with Gasteiger partial charge in [0.05, 0.1) is 10.6 Å². The predicted molar refractivity (Wildman–Crippen MR) is 59.0 cm³/mol. The summed E-state index contributed by atoms with van der Waals surface area (Å²) < 4.78 is 0. The molecule has 1 rings (SSSR count). The first-order chi connectivity index (χ1) is 8.04. The van der Waals surface area contributed by atoms with Crippen LogP contribution in [0.4, 0.5) is 11.4 Å². The molecule has 0 saturated carbocycles. The number of non-ortho nitro benzene ring substituents is 1. The number of nitro benzene ring substituents is 1. The highest BCUT2D eigenvalue weighted by Gasteiger charge is 2.06. The molecule has 0 atom stereocenters. The van der Waals surface area contributed by atoms with E-state index in [0.29, 0.717) is 5.69 Å². The van der Waals surface area contributed by atoms with Crippen molar-refractivity contribution >= 4 is 23.0 Å². The second-order valence-corrected chi connectivity index (χ2v) is 2.85. The molecular formula is C9H7N5O3. The monoisotopic (exact) mass is 233 g/mol. The van der Waals surface area contributed by atoms with Gasteiger partial charge in [-0.25, -0.2) is 0 Å². The van der Waals surface area contributed by atoms with Crippen molar-refractivity contribution in [1.29, 1.82) is 5.26 Å². The predicted octanol–water partition coefficient (Wildman–Crippen LogP) is 0.372. The Bertz CT molecular complexity index is 514. The lowest BCUT2D eigenvalue weighted by atomic mass is 10.3. The Morgan fingerprint density at radius 1 is 1.47 bits per heavy atom. The van der Waals surface area contributed by atoms with Gasteiger partial charge < -0.3 is 5.73 Å². The van der Waals surface area contributed by atoms with Gasteiger partial charge in [-0.1, -0.05) is 0 Å². The Kier molecular flexibility index (Phi) is 3.72. The maximum atomic E-state index is 10.6. The number of rotatable bonds is 4. The smallest absolute Gasteiger partial charge is 0.280 e. The summed E-state index contributed by atoms with van der Waals surface area (Å²) in [6.07, 6.45) is 0. The van der Waals surface area contributed by atoms with Crippen LogP contribution in [0.15, 0.2) is 29.4 Å². The molecule has 3 N–H and O–H groups in total. The molecule has 0 aliphatic carbocycles. The quantitative estimate of drug-likeness (QED) is 0.440. The Labute approximate surface area is 95.5 Å². The zero-order chi connectivity index (χ0) is 12.8. The number of nitro groups is 1. The maximum Gasteiger partial charge on any atom is 0.280 e. The van der Waals surface area contributed by atoms with Crippen LogP contribution in [-0.4, -0.2) is 16.5 Å². The first-order valence-corrected chi connectivity index (χ1v) is 4.32. The molecular weight excluding hydrogens is 226 g/mol. The molecule has 1 amide bonds. The number of hydrazone groups is 1. The van der Waals surface area contributed by atoms with E-state index in [1.54, 1.807) is 0 Å². The number of hydrogen-bond acceptors (Lipinski definition) is 6. The number of nitrogens with two attached hydrogens (primary N) is 1. The van der Waals surface area contributed by atoms with Crippen molar-refractivity contribution < 1.29 is 9.72 Å². The highest BCUT2D eigenvalue weighted by molar-refractivity contribution is 6.44. The SMILES string of the molecule is N#C/C(=N\Nc1ccc([N+](=O)[O-])cc1)C(N)=O. The van der Waals surface area contributed by atoms with E-state index in [-0.39, 0.29) is 5.69 Å². The van der Waals surface area contributed by atoms with E-state index >= 15 is 0 Å². The van der Waals surface area contributed by atoms with Crippen LogP contribution in [0.3, 0.4) is 0 Å². The average molecular weight is 233 g/mol. The zero-order valence-corrected chi connectivity index (χ0v) is 8.45. The number of carbonyl (C=O) groups is 1. The molecule has 86 valence electrons. The van der Waals surface area contributed by atoms with Crippen LogP contribution in [0.2, 0.25) is 0 Å². The van der Waals surface area contributed by atoms with Crippen molar-refractivity contribution in [2.24, 2.45) is 10.8 Å². The fraction of sp³-hybridized carbons (Fsp3) is 0. The summed E-state index contributed by atoms with van der Waals surface area (Å²) in [4.78, 5) is 20.5. The Balaban J connectivity index is 2.80. The average Bonchev–Trinajstić information content (AvgIpc) is 2.30. The van der Waals surface area contributed by atoms with Gasteiger partial charge in [0.1, 0.15) is 6.07 Å². The van der Waals surface area contributed by atoms with Crippen molar-refractivity contribution in [2.75, 3.05) is 5.43 Å². The van der Waals surface area contributed by atoms with E-state index in [0.717, 1.165) is 0 Å². The molecule has 8 nitrogen and oxygen atoms in total. The Hall–Kier alpha value is -2.95. The maximum absolute atomic E-state index is 10.6.